The average Bonchev–Trinajstić information content (AvgIpc) is 3.05. The maximum Gasteiger partial charge on any atom is 0.410 e. The summed E-state index contributed by atoms with van der Waals surface area (Å²) in [7, 11) is 0. The molecule has 2 rings (SSSR count). The van der Waals surface area contributed by atoms with Crippen LogP contribution in [0.1, 0.15) is 57.0 Å². The van der Waals surface area contributed by atoms with Gasteiger partial charge in [-0.2, -0.15) is 0 Å². The number of likely N-dealkylation sites (tertiary alicyclic amines) is 1. The van der Waals surface area contributed by atoms with Crippen LogP contribution in [-0.4, -0.2) is 40.7 Å². The van der Waals surface area contributed by atoms with Gasteiger partial charge in [0, 0.05) is 30.2 Å². The molecule has 1 aliphatic rings. The third-order valence-electron chi connectivity index (χ3n) is 3.62. The molecule has 0 aliphatic carbocycles. The van der Waals surface area contributed by atoms with Crippen molar-refractivity contribution in [2.75, 3.05) is 13.1 Å². The number of rotatable bonds is 4. The Labute approximate surface area is 137 Å². The van der Waals surface area contributed by atoms with Gasteiger partial charge in [0.05, 0.1) is 6.04 Å². The Morgan fingerprint density at radius 1 is 1.59 bits per heavy atom. The molecule has 0 spiro atoms. The Morgan fingerprint density at radius 3 is 2.91 bits per heavy atom. The number of nitrogens with zero attached hydrogens (tertiary/aromatic N) is 2. The van der Waals surface area contributed by atoms with Crippen molar-refractivity contribution < 1.29 is 9.53 Å². The minimum absolute atomic E-state index is 0.216. The van der Waals surface area contributed by atoms with Crippen LogP contribution >= 0.6 is 11.3 Å². The summed E-state index contributed by atoms with van der Waals surface area (Å²) in [4.78, 5) is 19.6. The molecule has 6 heteroatoms. The number of amides is 1. The maximum atomic E-state index is 12.1. The Bertz CT molecular complexity index is 510. The number of aromatic nitrogens is 1. The summed E-state index contributed by atoms with van der Waals surface area (Å²) in [6, 6.07) is 0.519. The number of hydrogen-bond donors (Lipinski definition) is 1. The lowest BCUT2D eigenvalue weighted by atomic mass is 10.2. The van der Waals surface area contributed by atoms with E-state index in [1.807, 2.05) is 27.0 Å². The number of hydrogen-bond acceptors (Lipinski definition) is 5. The maximum absolute atomic E-state index is 12.1. The molecule has 22 heavy (non-hydrogen) atoms. The number of thiazole rings is 1. The summed E-state index contributed by atoms with van der Waals surface area (Å²) in [6.07, 6.45) is 3.72. The van der Waals surface area contributed by atoms with E-state index in [-0.39, 0.29) is 12.1 Å². The normalized spacial score (nSPS) is 20.2. The molecule has 1 fully saturated rings. The van der Waals surface area contributed by atoms with Crippen molar-refractivity contribution in [3.63, 3.8) is 0 Å². The lowest BCUT2D eigenvalue weighted by Crippen LogP contribution is -2.38. The minimum atomic E-state index is -0.437. The predicted octanol–water partition coefficient (Wildman–Crippen LogP) is 3.37. The van der Waals surface area contributed by atoms with Gasteiger partial charge in [-0.15, -0.1) is 11.3 Å². The molecule has 0 bridgehead atoms. The zero-order chi connectivity index (χ0) is 16.3. The summed E-state index contributed by atoms with van der Waals surface area (Å²) >= 11 is 1.76. The summed E-state index contributed by atoms with van der Waals surface area (Å²) < 4.78 is 5.43. The highest BCUT2D eigenvalue weighted by atomic mass is 32.1. The standard InChI is InChI=1S/C16H27N3O2S/c1-6-13-9-17-14(22-13)11(2)18-12-7-8-19(10-12)15(20)21-16(3,4)5/h9,11-12,18H,6-8,10H2,1-5H3. The Balaban J connectivity index is 1.84. The third kappa shape index (κ3) is 4.68. The fraction of sp³-hybridized carbons (Fsp3) is 0.750. The molecular weight excluding hydrogens is 298 g/mol. The summed E-state index contributed by atoms with van der Waals surface area (Å²) in [6.45, 7) is 11.4. The lowest BCUT2D eigenvalue weighted by molar-refractivity contribution is 0.0290. The number of aryl methyl sites for hydroxylation is 1. The number of carbonyl (C=O) groups is 1. The second-order valence-electron chi connectivity index (χ2n) is 6.82. The second kappa shape index (κ2) is 6.96. The molecule has 2 unspecified atom stereocenters. The largest absolute Gasteiger partial charge is 0.444 e. The zero-order valence-corrected chi connectivity index (χ0v) is 15.0. The van der Waals surface area contributed by atoms with Gasteiger partial charge in [-0.1, -0.05) is 6.92 Å². The lowest BCUT2D eigenvalue weighted by Gasteiger charge is -2.24. The van der Waals surface area contributed by atoms with Crippen LogP contribution in [0, 0.1) is 0 Å². The highest BCUT2D eigenvalue weighted by molar-refractivity contribution is 7.11. The van der Waals surface area contributed by atoms with Gasteiger partial charge in [-0.3, -0.25) is 0 Å². The molecule has 0 saturated carbocycles. The van der Waals surface area contributed by atoms with Crippen molar-refractivity contribution in [1.29, 1.82) is 0 Å². The van der Waals surface area contributed by atoms with Crippen LogP contribution in [0.15, 0.2) is 6.20 Å². The zero-order valence-electron chi connectivity index (χ0n) is 14.2. The third-order valence-corrected chi connectivity index (χ3v) is 4.94. The van der Waals surface area contributed by atoms with Crippen LogP contribution in [0.3, 0.4) is 0 Å². The summed E-state index contributed by atoms with van der Waals surface area (Å²) in [5, 5.41) is 4.70. The molecule has 1 aromatic rings. The molecule has 5 nitrogen and oxygen atoms in total. The molecule has 0 aromatic carbocycles. The molecule has 2 atom stereocenters. The molecule has 0 radical (unpaired) electrons. The van der Waals surface area contributed by atoms with Crippen molar-refractivity contribution in [1.82, 2.24) is 15.2 Å². The SMILES string of the molecule is CCc1cnc(C(C)NC2CCN(C(=O)OC(C)(C)C)C2)s1. The Hall–Kier alpha value is -1.14. The Kier molecular flexibility index (Phi) is 5.45. The van der Waals surface area contributed by atoms with Crippen molar-refractivity contribution in [2.24, 2.45) is 0 Å². The van der Waals surface area contributed by atoms with Crippen molar-refractivity contribution in [3.8, 4) is 0 Å². The van der Waals surface area contributed by atoms with Crippen molar-refractivity contribution in [3.05, 3.63) is 16.1 Å². The van der Waals surface area contributed by atoms with E-state index < -0.39 is 5.60 Å². The minimum Gasteiger partial charge on any atom is -0.444 e. The van der Waals surface area contributed by atoms with E-state index in [4.69, 9.17) is 4.74 Å². The van der Waals surface area contributed by atoms with E-state index in [1.54, 1.807) is 16.2 Å². The van der Waals surface area contributed by atoms with Crippen LogP contribution in [0.2, 0.25) is 0 Å². The van der Waals surface area contributed by atoms with Gasteiger partial charge in [0.2, 0.25) is 0 Å². The topological polar surface area (TPSA) is 54.5 Å². The average molecular weight is 325 g/mol. The van der Waals surface area contributed by atoms with Gasteiger partial charge in [-0.05, 0) is 40.5 Å². The smallest absolute Gasteiger partial charge is 0.410 e. The van der Waals surface area contributed by atoms with Crippen LogP contribution in [0.5, 0.6) is 0 Å². The van der Waals surface area contributed by atoms with E-state index >= 15 is 0 Å². The number of nitrogens with one attached hydrogen (secondary N) is 1. The quantitative estimate of drug-likeness (QED) is 0.922. The van der Waals surface area contributed by atoms with E-state index in [0.29, 0.717) is 12.6 Å². The molecule has 1 amide bonds. The monoisotopic (exact) mass is 325 g/mol. The van der Waals surface area contributed by atoms with Gasteiger partial charge in [0.15, 0.2) is 0 Å². The summed E-state index contributed by atoms with van der Waals surface area (Å²) in [5.74, 6) is 0. The van der Waals surface area contributed by atoms with E-state index in [0.717, 1.165) is 24.4 Å². The van der Waals surface area contributed by atoms with E-state index in [2.05, 4.69) is 24.1 Å². The predicted molar refractivity (Wildman–Crippen MR) is 89.3 cm³/mol. The van der Waals surface area contributed by atoms with Gasteiger partial charge in [0.25, 0.3) is 0 Å². The van der Waals surface area contributed by atoms with Gasteiger partial charge < -0.3 is 15.0 Å². The van der Waals surface area contributed by atoms with Gasteiger partial charge in [0.1, 0.15) is 10.6 Å². The molecule has 1 aromatic heterocycles. The van der Waals surface area contributed by atoms with Crippen LogP contribution in [0.25, 0.3) is 0 Å². The van der Waals surface area contributed by atoms with Crippen molar-refractivity contribution >= 4 is 17.4 Å². The first-order valence-electron chi connectivity index (χ1n) is 7.97. The van der Waals surface area contributed by atoms with Crippen LogP contribution < -0.4 is 5.32 Å². The molecule has 1 N–H and O–H groups in total. The van der Waals surface area contributed by atoms with E-state index in [1.165, 1.54) is 4.88 Å². The van der Waals surface area contributed by atoms with Gasteiger partial charge >= 0.3 is 6.09 Å². The number of carbonyl (C=O) groups excluding carboxylic acids is 1. The summed E-state index contributed by atoms with van der Waals surface area (Å²) in [5.41, 5.74) is -0.437. The highest BCUT2D eigenvalue weighted by Crippen LogP contribution is 2.22. The van der Waals surface area contributed by atoms with Gasteiger partial charge in [-0.25, -0.2) is 9.78 Å². The molecule has 124 valence electrons. The first-order chi connectivity index (χ1) is 10.3. The molecule has 1 aliphatic heterocycles. The molecular formula is C16H27N3O2S. The first kappa shape index (κ1) is 17.2. The second-order valence-corrected chi connectivity index (χ2v) is 7.97. The highest BCUT2D eigenvalue weighted by Gasteiger charge is 2.30. The fourth-order valence-corrected chi connectivity index (χ4v) is 3.37. The molecule has 2 heterocycles. The van der Waals surface area contributed by atoms with Crippen LogP contribution in [0.4, 0.5) is 4.79 Å². The van der Waals surface area contributed by atoms with Crippen LogP contribution in [-0.2, 0) is 11.2 Å². The fourth-order valence-electron chi connectivity index (χ4n) is 2.50. The first-order valence-corrected chi connectivity index (χ1v) is 8.78. The van der Waals surface area contributed by atoms with Crippen molar-refractivity contribution in [2.45, 2.75) is 65.1 Å². The number of ether oxygens (including phenoxy) is 1. The molecule has 1 saturated heterocycles. The Morgan fingerprint density at radius 2 is 2.32 bits per heavy atom. The van der Waals surface area contributed by atoms with E-state index in [9.17, 15) is 4.79 Å².